The van der Waals surface area contributed by atoms with Crippen molar-refractivity contribution in [3.8, 4) is 0 Å². The largest absolute Gasteiger partial charge is 0.323 e. The molecule has 0 aliphatic heterocycles. The fourth-order valence-electron chi connectivity index (χ4n) is 1.58. The molecule has 0 aliphatic carbocycles. The second-order valence-electron chi connectivity index (χ2n) is 4.19. The number of rotatable bonds is 4. The fraction of sp³-hybridized carbons (Fsp3) is 0.133. The standard InChI is InChI=1S/C15H13ClFNOS/c1-10(20-12-5-3-2-4-6-12)15(19)18-14-8-7-11(16)9-13(14)17/h2-10H,1H3,(H,18,19). The molecule has 1 unspecified atom stereocenters. The van der Waals surface area contributed by atoms with Gasteiger partial charge >= 0.3 is 0 Å². The number of carbonyl (C=O) groups excluding carboxylic acids is 1. The molecule has 1 N–H and O–H groups in total. The number of halogens is 2. The zero-order chi connectivity index (χ0) is 14.5. The van der Waals surface area contributed by atoms with Crippen LogP contribution in [0.2, 0.25) is 5.02 Å². The van der Waals surface area contributed by atoms with E-state index in [4.69, 9.17) is 11.6 Å². The maximum absolute atomic E-state index is 13.6. The van der Waals surface area contributed by atoms with Gasteiger partial charge in [0.05, 0.1) is 10.9 Å². The average molecular weight is 310 g/mol. The monoisotopic (exact) mass is 309 g/mol. The Morgan fingerprint density at radius 3 is 2.60 bits per heavy atom. The number of amides is 1. The number of anilines is 1. The minimum Gasteiger partial charge on any atom is -0.323 e. The molecule has 1 atom stereocenters. The zero-order valence-electron chi connectivity index (χ0n) is 10.8. The molecule has 0 saturated carbocycles. The van der Waals surface area contributed by atoms with Gasteiger partial charge in [-0.1, -0.05) is 29.8 Å². The predicted octanol–water partition coefficient (Wildman–Crippen LogP) is 4.60. The van der Waals surface area contributed by atoms with Crippen molar-refractivity contribution in [1.29, 1.82) is 0 Å². The molecule has 0 radical (unpaired) electrons. The van der Waals surface area contributed by atoms with Crippen LogP contribution in [-0.2, 0) is 4.79 Å². The topological polar surface area (TPSA) is 29.1 Å². The second-order valence-corrected chi connectivity index (χ2v) is 6.04. The predicted molar refractivity (Wildman–Crippen MR) is 81.8 cm³/mol. The Hall–Kier alpha value is -1.52. The molecule has 2 rings (SSSR count). The molecule has 1 amide bonds. The minimum absolute atomic E-state index is 0.139. The number of hydrogen-bond acceptors (Lipinski definition) is 2. The summed E-state index contributed by atoms with van der Waals surface area (Å²) < 4.78 is 13.6. The number of carbonyl (C=O) groups is 1. The summed E-state index contributed by atoms with van der Waals surface area (Å²) in [5, 5.41) is 2.54. The molecule has 104 valence electrons. The van der Waals surface area contributed by atoms with Crippen LogP contribution in [0.4, 0.5) is 10.1 Å². The van der Waals surface area contributed by atoms with Crippen molar-refractivity contribution in [3.63, 3.8) is 0 Å². The summed E-state index contributed by atoms with van der Waals surface area (Å²) in [6.07, 6.45) is 0. The minimum atomic E-state index is -0.539. The van der Waals surface area contributed by atoms with E-state index in [0.29, 0.717) is 5.02 Å². The summed E-state index contributed by atoms with van der Waals surface area (Å²) in [7, 11) is 0. The van der Waals surface area contributed by atoms with Crippen LogP contribution in [0.5, 0.6) is 0 Å². The lowest BCUT2D eigenvalue weighted by Crippen LogP contribution is -2.22. The summed E-state index contributed by atoms with van der Waals surface area (Å²) in [6.45, 7) is 1.78. The molecular formula is C15H13ClFNOS. The van der Waals surface area contributed by atoms with Crippen LogP contribution in [0.25, 0.3) is 0 Å². The fourth-order valence-corrected chi connectivity index (χ4v) is 2.63. The number of thioether (sulfide) groups is 1. The summed E-state index contributed by atoms with van der Waals surface area (Å²) in [4.78, 5) is 13.0. The first-order chi connectivity index (χ1) is 9.56. The Balaban J connectivity index is 2.01. The van der Waals surface area contributed by atoms with Gasteiger partial charge in [-0.25, -0.2) is 4.39 Å². The zero-order valence-corrected chi connectivity index (χ0v) is 12.3. The van der Waals surface area contributed by atoms with Crippen molar-refractivity contribution < 1.29 is 9.18 Å². The van der Waals surface area contributed by atoms with E-state index in [1.54, 1.807) is 6.92 Å². The third-order valence-electron chi connectivity index (χ3n) is 2.61. The number of hydrogen-bond donors (Lipinski definition) is 1. The van der Waals surface area contributed by atoms with Gasteiger partial charge in [-0.3, -0.25) is 4.79 Å². The quantitative estimate of drug-likeness (QED) is 0.836. The molecular weight excluding hydrogens is 297 g/mol. The lowest BCUT2D eigenvalue weighted by atomic mass is 10.3. The van der Waals surface area contributed by atoms with Gasteiger partial charge in [-0.2, -0.15) is 0 Å². The molecule has 20 heavy (non-hydrogen) atoms. The molecule has 0 saturated heterocycles. The van der Waals surface area contributed by atoms with Crippen LogP contribution in [0, 0.1) is 5.82 Å². The van der Waals surface area contributed by atoms with Gasteiger partial charge in [0.2, 0.25) is 5.91 Å². The van der Waals surface area contributed by atoms with Crippen molar-refractivity contribution in [2.45, 2.75) is 17.1 Å². The van der Waals surface area contributed by atoms with Crippen LogP contribution >= 0.6 is 23.4 Å². The van der Waals surface area contributed by atoms with Crippen molar-refractivity contribution in [2.75, 3.05) is 5.32 Å². The first-order valence-corrected chi connectivity index (χ1v) is 7.29. The van der Waals surface area contributed by atoms with E-state index in [2.05, 4.69) is 5.32 Å². The summed E-state index contributed by atoms with van der Waals surface area (Å²) in [5.74, 6) is -0.789. The summed E-state index contributed by atoms with van der Waals surface area (Å²) in [5.41, 5.74) is 0.139. The highest BCUT2D eigenvalue weighted by Gasteiger charge is 2.16. The van der Waals surface area contributed by atoms with E-state index in [1.807, 2.05) is 30.3 Å². The second kappa shape index (κ2) is 6.77. The van der Waals surface area contributed by atoms with Crippen LogP contribution in [0.1, 0.15) is 6.92 Å². The number of benzene rings is 2. The molecule has 0 heterocycles. The maximum Gasteiger partial charge on any atom is 0.237 e. The van der Waals surface area contributed by atoms with Crippen molar-refractivity contribution >= 4 is 35.0 Å². The Bertz CT molecular complexity index is 606. The van der Waals surface area contributed by atoms with Gasteiger partial charge in [0.25, 0.3) is 0 Å². The van der Waals surface area contributed by atoms with E-state index in [9.17, 15) is 9.18 Å². The lowest BCUT2D eigenvalue weighted by molar-refractivity contribution is -0.115. The molecule has 0 bridgehead atoms. The van der Waals surface area contributed by atoms with Gasteiger partial charge in [0.1, 0.15) is 5.82 Å². The van der Waals surface area contributed by atoms with E-state index in [-0.39, 0.29) is 16.8 Å². The Morgan fingerprint density at radius 2 is 1.95 bits per heavy atom. The third kappa shape index (κ3) is 3.99. The highest BCUT2D eigenvalue weighted by Crippen LogP contribution is 2.25. The van der Waals surface area contributed by atoms with Crippen molar-refractivity contribution in [3.05, 3.63) is 59.4 Å². The molecule has 5 heteroatoms. The van der Waals surface area contributed by atoms with E-state index in [0.717, 1.165) is 4.90 Å². The van der Waals surface area contributed by atoms with Gasteiger partial charge < -0.3 is 5.32 Å². The highest BCUT2D eigenvalue weighted by atomic mass is 35.5. The van der Waals surface area contributed by atoms with Gasteiger partial charge in [0.15, 0.2) is 0 Å². The maximum atomic E-state index is 13.6. The molecule has 0 fully saturated rings. The lowest BCUT2D eigenvalue weighted by Gasteiger charge is -2.12. The van der Waals surface area contributed by atoms with Crippen LogP contribution in [0.3, 0.4) is 0 Å². The Morgan fingerprint density at radius 1 is 1.25 bits per heavy atom. The molecule has 2 aromatic rings. The summed E-state index contributed by atoms with van der Waals surface area (Å²) >= 11 is 7.09. The SMILES string of the molecule is CC(Sc1ccccc1)C(=O)Nc1ccc(Cl)cc1F. The van der Waals surface area contributed by atoms with Crippen molar-refractivity contribution in [2.24, 2.45) is 0 Å². The van der Waals surface area contributed by atoms with Crippen LogP contribution in [0.15, 0.2) is 53.4 Å². The molecule has 2 aromatic carbocycles. The first-order valence-electron chi connectivity index (χ1n) is 6.04. The molecule has 0 aromatic heterocycles. The van der Waals surface area contributed by atoms with E-state index >= 15 is 0 Å². The Labute approximate surface area is 126 Å². The van der Waals surface area contributed by atoms with Gasteiger partial charge in [0, 0.05) is 9.92 Å². The first kappa shape index (κ1) is 14.9. The molecule has 2 nitrogen and oxygen atoms in total. The van der Waals surface area contributed by atoms with Gasteiger partial charge in [-0.05, 0) is 37.3 Å². The average Bonchev–Trinajstić information content (AvgIpc) is 2.43. The van der Waals surface area contributed by atoms with E-state index in [1.165, 1.54) is 30.0 Å². The van der Waals surface area contributed by atoms with Gasteiger partial charge in [-0.15, -0.1) is 11.8 Å². The molecule has 0 aliphatic rings. The third-order valence-corrected chi connectivity index (χ3v) is 3.96. The van der Waals surface area contributed by atoms with Crippen LogP contribution < -0.4 is 5.32 Å². The highest BCUT2D eigenvalue weighted by molar-refractivity contribution is 8.00. The van der Waals surface area contributed by atoms with E-state index < -0.39 is 5.82 Å². The smallest absolute Gasteiger partial charge is 0.237 e. The number of nitrogens with one attached hydrogen (secondary N) is 1. The summed E-state index contributed by atoms with van der Waals surface area (Å²) in [6, 6.07) is 13.8. The Kier molecular flexibility index (Phi) is 5.04. The van der Waals surface area contributed by atoms with Crippen molar-refractivity contribution in [1.82, 2.24) is 0 Å². The normalized spacial score (nSPS) is 11.9. The van der Waals surface area contributed by atoms with Crippen LogP contribution in [-0.4, -0.2) is 11.2 Å². The molecule has 0 spiro atoms.